The fraction of sp³-hybridized carbons (Fsp3) is 1.00. The fourth-order valence-corrected chi connectivity index (χ4v) is 6.46. The molecule has 42 heavy (non-hydrogen) atoms. The molecule has 0 aliphatic heterocycles. The maximum Gasteiger partial charge on any atom is 1.00 e. The largest absolute Gasteiger partial charge is 1.00 e. The van der Waals surface area contributed by atoms with Crippen LogP contribution < -0.4 is 51.4 Å². The van der Waals surface area contributed by atoms with Crippen molar-refractivity contribution < 1.29 is 68.5 Å². The molecule has 0 aromatic heterocycles. The van der Waals surface area contributed by atoms with Crippen molar-refractivity contribution in [2.75, 3.05) is 6.61 Å². The van der Waals surface area contributed by atoms with Gasteiger partial charge in [-0.05, 0) is 18.8 Å². The third-order valence-corrected chi connectivity index (χ3v) is 9.30. The minimum absolute atomic E-state index is 0. The van der Waals surface area contributed by atoms with Crippen molar-refractivity contribution in [3.05, 3.63) is 0 Å². The van der Waals surface area contributed by atoms with Crippen molar-refractivity contribution in [3.8, 4) is 0 Å². The van der Waals surface area contributed by atoms with Gasteiger partial charge in [0.05, 0.1) is 6.61 Å². The van der Waals surface area contributed by atoms with Gasteiger partial charge in [-0.3, -0.25) is 4.18 Å². The minimum Gasteiger partial charge on any atom is -0.726 e. The first-order valence-electron chi connectivity index (χ1n) is 18.6. The molecule has 0 saturated heterocycles. The van der Waals surface area contributed by atoms with Crippen LogP contribution in [0.3, 0.4) is 0 Å². The van der Waals surface area contributed by atoms with Crippen LogP contribution in [0.1, 0.15) is 219 Å². The summed E-state index contributed by atoms with van der Waals surface area (Å²) in [6, 6.07) is 0. The van der Waals surface area contributed by atoms with E-state index in [4.69, 9.17) is 0 Å². The van der Waals surface area contributed by atoms with Gasteiger partial charge in [0.2, 0.25) is 10.4 Å². The molecule has 0 aliphatic carbocycles. The second-order valence-electron chi connectivity index (χ2n) is 13.0. The van der Waals surface area contributed by atoms with Gasteiger partial charge in [0.25, 0.3) is 0 Å². The Bertz CT molecular complexity index is 565. The molecular weight excluding hydrogens is 568 g/mol. The second-order valence-corrected chi connectivity index (χ2v) is 14.1. The zero-order valence-electron chi connectivity index (χ0n) is 29.0. The van der Waals surface area contributed by atoms with Gasteiger partial charge >= 0.3 is 51.4 Å². The van der Waals surface area contributed by atoms with Crippen LogP contribution >= 0.6 is 0 Å². The summed E-state index contributed by atoms with van der Waals surface area (Å²) in [6.45, 7) is 4.63. The van der Waals surface area contributed by atoms with Crippen LogP contribution in [0.4, 0.5) is 0 Å². The van der Waals surface area contributed by atoms with E-state index in [1.165, 1.54) is 180 Å². The van der Waals surface area contributed by atoms with Gasteiger partial charge in [-0.15, -0.1) is 0 Å². The summed E-state index contributed by atoms with van der Waals surface area (Å²) < 4.78 is 37.6. The van der Waals surface area contributed by atoms with Crippen molar-refractivity contribution in [3.63, 3.8) is 0 Å². The Morgan fingerprint density at radius 1 is 0.429 bits per heavy atom. The summed E-state index contributed by atoms with van der Waals surface area (Å²) >= 11 is 0. The molecule has 0 N–H and O–H groups in total. The van der Waals surface area contributed by atoms with Gasteiger partial charge in [-0.1, -0.05) is 206 Å². The van der Waals surface area contributed by atoms with E-state index in [1.54, 1.807) is 0 Å². The summed E-state index contributed by atoms with van der Waals surface area (Å²) in [7, 11) is -4.59. The van der Waals surface area contributed by atoms with E-state index in [-0.39, 0.29) is 63.9 Å². The standard InChI is InChI=1S/C36H74O4S.K/c1-3-5-7-9-11-13-15-17-19-21-23-25-27-29-31-33-36(35-40-41(37,38)39)34-32-30-28-26-24-22-20-18-16-14-12-10-8-6-4-2;/h36H,3-35H2,1-2H3,(H,37,38,39);/q;+1/p-1. The van der Waals surface area contributed by atoms with E-state index in [1.807, 2.05) is 0 Å². The van der Waals surface area contributed by atoms with E-state index in [9.17, 15) is 13.0 Å². The average molecular weight is 641 g/mol. The summed E-state index contributed by atoms with van der Waals surface area (Å²) in [5.41, 5.74) is 0. The molecular formula is C36H73KO4S. The molecule has 0 radical (unpaired) electrons. The van der Waals surface area contributed by atoms with Crippen LogP contribution in [-0.2, 0) is 14.6 Å². The molecule has 0 aromatic carbocycles. The maximum atomic E-state index is 11.0. The number of unbranched alkanes of at least 4 members (excludes halogenated alkanes) is 28. The number of hydrogen-bond acceptors (Lipinski definition) is 4. The molecule has 0 aromatic rings. The summed E-state index contributed by atoms with van der Waals surface area (Å²) in [5.74, 6) is 0.197. The molecule has 4 nitrogen and oxygen atoms in total. The molecule has 0 heterocycles. The summed E-state index contributed by atoms with van der Waals surface area (Å²) in [4.78, 5) is 0. The zero-order chi connectivity index (χ0) is 30.1. The molecule has 0 spiro atoms. The van der Waals surface area contributed by atoms with Crippen molar-refractivity contribution in [1.82, 2.24) is 0 Å². The summed E-state index contributed by atoms with van der Waals surface area (Å²) in [6.07, 6.45) is 42.4. The van der Waals surface area contributed by atoms with Crippen molar-refractivity contribution in [1.29, 1.82) is 0 Å². The van der Waals surface area contributed by atoms with Gasteiger partial charge in [-0.25, -0.2) is 8.42 Å². The SMILES string of the molecule is CCCCCCCCCCCCCCCCCC(CCCCCCCCCCCCCCCCC)COS(=O)(=O)[O-].[K+]. The average Bonchev–Trinajstić information content (AvgIpc) is 2.94. The molecule has 0 unspecified atom stereocenters. The van der Waals surface area contributed by atoms with E-state index in [0.717, 1.165) is 25.7 Å². The van der Waals surface area contributed by atoms with Gasteiger partial charge in [-0.2, -0.15) is 0 Å². The molecule has 0 aliphatic rings. The molecule has 248 valence electrons. The molecule has 0 rings (SSSR count). The van der Waals surface area contributed by atoms with Crippen molar-refractivity contribution in [2.45, 2.75) is 219 Å². The fourth-order valence-electron chi connectivity index (χ4n) is 6.10. The minimum atomic E-state index is -4.59. The van der Waals surface area contributed by atoms with Crippen molar-refractivity contribution in [2.24, 2.45) is 5.92 Å². The number of rotatable bonds is 35. The molecule has 0 saturated carbocycles. The third-order valence-electron chi connectivity index (χ3n) is 8.88. The normalized spacial score (nSPS) is 11.8. The first kappa shape index (κ1) is 45.6. The van der Waals surface area contributed by atoms with Crippen LogP contribution in [-0.4, -0.2) is 19.6 Å². The summed E-state index contributed by atoms with van der Waals surface area (Å²) in [5, 5.41) is 0. The first-order chi connectivity index (χ1) is 20.0. The van der Waals surface area contributed by atoms with E-state index in [0.29, 0.717) is 0 Å². The molecule has 0 fully saturated rings. The van der Waals surface area contributed by atoms with Crippen LogP contribution in [0, 0.1) is 5.92 Å². The maximum absolute atomic E-state index is 11.0. The molecule has 0 bridgehead atoms. The Morgan fingerprint density at radius 3 is 0.857 bits per heavy atom. The van der Waals surface area contributed by atoms with Crippen LogP contribution in [0.25, 0.3) is 0 Å². The zero-order valence-corrected chi connectivity index (χ0v) is 32.9. The van der Waals surface area contributed by atoms with E-state index in [2.05, 4.69) is 18.0 Å². The molecule has 0 amide bonds. The van der Waals surface area contributed by atoms with E-state index < -0.39 is 10.4 Å². The van der Waals surface area contributed by atoms with Crippen LogP contribution in [0.5, 0.6) is 0 Å². The Morgan fingerprint density at radius 2 is 0.643 bits per heavy atom. The Hall–Kier alpha value is 1.51. The Labute approximate surface area is 307 Å². The predicted octanol–water partition coefficient (Wildman–Crippen LogP) is 9.61. The van der Waals surface area contributed by atoms with Crippen LogP contribution in [0.2, 0.25) is 0 Å². The van der Waals surface area contributed by atoms with Crippen molar-refractivity contribution >= 4 is 10.4 Å². The molecule has 0 atom stereocenters. The Kier molecular flexibility index (Phi) is 40.2. The smallest absolute Gasteiger partial charge is 0.726 e. The van der Waals surface area contributed by atoms with Gasteiger partial charge in [0, 0.05) is 0 Å². The third kappa shape index (κ3) is 39.5. The number of hydrogen-bond donors (Lipinski definition) is 0. The second kappa shape index (κ2) is 37.0. The topological polar surface area (TPSA) is 66.4 Å². The van der Waals surface area contributed by atoms with Gasteiger partial charge in [0.1, 0.15) is 0 Å². The monoisotopic (exact) mass is 640 g/mol. The van der Waals surface area contributed by atoms with E-state index >= 15 is 0 Å². The van der Waals surface area contributed by atoms with Gasteiger partial charge < -0.3 is 4.55 Å². The van der Waals surface area contributed by atoms with Gasteiger partial charge in [0.15, 0.2) is 0 Å². The Balaban J connectivity index is 0. The first-order valence-corrected chi connectivity index (χ1v) is 19.9. The quantitative estimate of drug-likeness (QED) is 0.0299. The molecule has 6 heteroatoms. The predicted molar refractivity (Wildman–Crippen MR) is 178 cm³/mol. The van der Waals surface area contributed by atoms with Crippen LogP contribution in [0.15, 0.2) is 0 Å².